The molecule has 0 radical (unpaired) electrons. The second-order valence-corrected chi connectivity index (χ2v) is 4.64. The van der Waals surface area contributed by atoms with Gasteiger partial charge in [-0.2, -0.15) is 0 Å². The number of nitrogens with one attached hydrogen (secondary N) is 2. The molecule has 1 aliphatic heterocycles. The first-order chi connectivity index (χ1) is 8.97. The first kappa shape index (κ1) is 13.4. The fourth-order valence-corrected chi connectivity index (χ4v) is 2.14. The average molecular weight is 264 g/mol. The quantitative estimate of drug-likeness (QED) is 0.598. The van der Waals surface area contributed by atoms with E-state index >= 15 is 0 Å². The fraction of sp³-hybridized carbons (Fsp3) is 0.385. The lowest BCUT2D eigenvalue weighted by Gasteiger charge is -2.26. The molecule has 1 saturated heterocycles. The van der Waals surface area contributed by atoms with Gasteiger partial charge < -0.3 is 10.2 Å². The van der Waals surface area contributed by atoms with Gasteiger partial charge in [-0.3, -0.25) is 20.2 Å². The summed E-state index contributed by atoms with van der Waals surface area (Å²) in [6.45, 7) is 1.80. The van der Waals surface area contributed by atoms with Crippen LogP contribution in [0.2, 0.25) is 0 Å². The van der Waals surface area contributed by atoms with Crippen LogP contribution in [0.1, 0.15) is 31.4 Å². The zero-order valence-electron chi connectivity index (χ0n) is 10.5. The molecule has 0 aromatic heterocycles. The Kier molecular flexibility index (Phi) is 3.71. The number of imide groups is 1. The van der Waals surface area contributed by atoms with Crippen LogP contribution in [0.25, 0.3) is 0 Å². The zero-order chi connectivity index (χ0) is 14.0. The highest BCUT2D eigenvalue weighted by atomic mass is 16.3. The Morgan fingerprint density at radius 2 is 2.11 bits per heavy atom. The second-order valence-electron chi connectivity index (χ2n) is 4.64. The second kappa shape index (κ2) is 5.27. The van der Waals surface area contributed by atoms with E-state index in [1.807, 2.05) is 0 Å². The van der Waals surface area contributed by atoms with Gasteiger partial charge in [-0.1, -0.05) is 6.07 Å². The largest absolute Gasteiger partial charge is 0.508 e. The highest BCUT2D eigenvalue weighted by Gasteiger charge is 2.28. The summed E-state index contributed by atoms with van der Waals surface area (Å²) in [7, 11) is 0. The molecule has 0 spiro atoms. The van der Waals surface area contributed by atoms with Gasteiger partial charge in [-0.05, 0) is 19.4 Å². The van der Waals surface area contributed by atoms with E-state index in [1.54, 1.807) is 13.0 Å². The van der Waals surface area contributed by atoms with Crippen molar-refractivity contribution < 1.29 is 19.8 Å². The normalized spacial score (nSPS) is 21.0. The smallest absolute Gasteiger partial charge is 0.243 e. The van der Waals surface area contributed by atoms with Crippen molar-refractivity contribution in [3.05, 3.63) is 23.8 Å². The number of benzene rings is 1. The lowest BCUT2D eigenvalue weighted by molar-refractivity contribution is -0.134. The zero-order valence-corrected chi connectivity index (χ0v) is 10.5. The van der Waals surface area contributed by atoms with Crippen LogP contribution in [0.3, 0.4) is 0 Å². The third-order valence-electron chi connectivity index (χ3n) is 3.17. The Bertz CT molecular complexity index is 515. The first-order valence-corrected chi connectivity index (χ1v) is 6.09. The number of rotatable bonds is 3. The summed E-state index contributed by atoms with van der Waals surface area (Å²) < 4.78 is 0. The van der Waals surface area contributed by atoms with Gasteiger partial charge in [0.15, 0.2) is 0 Å². The number of phenolic OH excluding ortho intramolecular Hbond substituents is 2. The molecule has 1 aromatic rings. The van der Waals surface area contributed by atoms with Gasteiger partial charge in [0.25, 0.3) is 0 Å². The molecule has 0 saturated carbocycles. The van der Waals surface area contributed by atoms with Crippen LogP contribution in [-0.2, 0) is 9.59 Å². The molecule has 2 atom stereocenters. The van der Waals surface area contributed by atoms with Crippen LogP contribution in [-0.4, -0.2) is 28.1 Å². The molecule has 1 aliphatic rings. The van der Waals surface area contributed by atoms with Crippen molar-refractivity contribution in [3.63, 3.8) is 0 Å². The molecule has 1 aromatic carbocycles. The number of carbonyl (C=O) groups excluding carboxylic acids is 2. The van der Waals surface area contributed by atoms with Crippen molar-refractivity contribution in [1.29, 1.82) is 0 Å². The van der Waals surface area contributed by atoms with Crippen LogP contribution in [0.5, 0.6) is 11.5 Å². The van der Waals surface area contributed by atoms with E-state index in [0.717, 1.165) is 0 Å². The molecule has 2 amide bonds. The molecule has 1 heterocycles. The van der Waals surface area contributed by atoms with Crippen LogP contribution in [0, 0.1) is 0 Å². The summed E-state index contributed by atoms with van der Waals surface area (Å²) >= 11 is 0. The third kappa shape index (κ3) is 3.03. The number of piperidine rings is 1. The predicted octanol–water partition coefficient (Wildman–Crippen LogP) is 0.554. The maximum Gasteiger partial charge on any atom is 0.243 e. The first-order valence-electron chi connectivity index (χ1n) is 6.09. The molecule has 0 aliphatic carbocycles. The van der Waals surface area contributed by atoms with Gasteiger partial charge in [-0.15, -0.1) is 0 Å². The summed E-state index contributed by atoms with van der Waals surface area (Å²) in [5, 5.41) is 24.3. The monoisotopic (exact) mass is 264 g/mol. The van der Waals surface area contributed by atoms with E-state index in [-0.39, 0.29) is 29.4 Å². The van der Waals surface area contributed by atoms with Crippen LogP contribution < -0.4 is 10.6 Å². The predicted molar refractivity (Wildman–Crippen MR) is 67.5 cm³/mol. The number of hydrogen-bond acceptors (Lipinski definition) is 5. The molecular formula is C13H16N2O4. The van der Waals surface area contributed by atoms with E-state index in [0.29, 0.717) is 18.4 Å². The van der Waals surface area contributed by atoms with E-state index in [1.165, 1.54) is 12.1 Å². The molecule has 1 fully saturated rings. The van der Waals surface area contributed by atoms with E-state index in [2.05, 4.69) is 10.6 Å². The molecular weight excluding hydrogens is 248 g/mol. The van der Waals surface area contributed by atoms with Crippen molar-refractivity contribution in [2.45, 2.75) is 31.8 Å². The average Bonchev–Trinajstić information content (AvgIpc) is 2.32. The summed E-state index contributed by atoms with van der Waals surface area (Å²) in [6, 6.07) is 3.58. The van der Waals surface area contributed by atoms with E-state index < -0.39 is 6.04 Å². The highest BCUT2D eigenvalue weighted by Crippen LogP contribution is 2.28. The number of carbonyl (C=O) groups is 2. The fourth-order valence-electron chi connectivity index (χ4n) is 2.14. The van der Waals surface area contributed by atoms with Crippen molar-refractivity contribution in [2.75, 3.05) is 0 Å². The Labute approximate surface area is 110 Å². The van der Waals surface area contributed by atoms with Crippen LogP contribution >= 0.6 is 0 Å². The maximum absolute atomic E-state index is 11.6. The van der Waals surface area contributed by atoms with E-state index in [9.17, 15) is 19.8 Å². The number of amides is 2. The summed E-state index contributed by atoms with van der Waals surface area (Å²) in [6.07, 6.45) is 0.742. The minimum absolute atomic E-state index is 0.0190. The molecule has 2 unspecified atom stereocenters. The summed E-state index contributed by atoms with van der Waals surface area (Å²) in [4.78, 5) is 22.7. The van der Waals surface area contributed by atoms with Crippen molar-refractivity contribution in [1.82, 2.24) is 10.6 Å². The lowest BCUT2D eigenvalue weighted by Crippen LogP contribution is -2.51. The molecule has 6 nitrogen and oxygen atoms in total. The summed E-state index contributed by atoms with van der Waals surface area (Å²) in [5.74, 6) is -0.661. The third-order valence-corrected chi connectivity index (χ3v) is 3.17. The molecule has 4 N–H and O–H groups in total. The van der Waals surface area contributed by atoms with Gasteiger partial charge in [0.1, 0.15) is 11.5 Å². The lowest BCUT2D eigenvalue weighted by atomic mass is 10.0. The number of phenols is 2. The number of hydrogen-bond donors (Lipinski definition) is 4. The van der Waals surface area contributed by atoms with Crippen LogP contribution in [0.15, 0.2) is 18.2 Å². The van der Waals surface area contributed by atoms with E-state index in [4.69, 9.17) is 0 Å². The minimum atomic E-state index is -0.457. The summed E-state index contributed by atoms with van der Waals surface area (Å²) in [5.41, 5.74) is 0.586. The van der Waals surface area contributed by atoms with Gasteiger partial charge >= 0.3 is 0 Å². The SMILES string of the molecule is CC(NC1CCC(=O)NC1=O)c1ccc(O)cc1O. The molecule has 2 rings (SSSR count). The standard InChI is InChI=1S/C13H16N2O4/c1-7(9-3-2-8(16)6-11(9)17)14-10-4-5-12(18)15-13(10)19/h2-3,6-7,10,14,16-17H,4-5H2,1H3,(H,15,18,19). The topological polar surface area (TPSA) is 98.7 Å². The van der Waals surface area contributed by atoms with Gasteiger partial charge in [-0.25, -0.2) is 0 Å². The van der Waals surface area contributed by atoms with Crippen molar-refractivity contribution in [2.24, 2.45) is 0 Å². The molecule has 6 heteroatoms. The Balaban J connectivity index is 2.06. The number of aromatic hydroxyl groups is 2. The highest BCUT2D eigenvalue weighted by molar-refractivity contribution is 6.00. The van der Waals surface area contributed by atoms with Gasteiger partial charge in [0, 0.05) is 24.1 Å². The maximum atomic E-state index is 11.6. The van der Waals surface area contributed by atoms with Gasteiger partial charge in [0.2, 0.25) is 11.8 Å². The Morgan fingerprint density at radius 3 is 2.74 bits per heavy atom. The molecule has 19 heavy (non-hydrogen) atoms. The van der Waals surface area contributed by atoms with Crippen LogP contribution in [0.4, 0.5) is 0 Å². The van der Waals surface area contributed by atoms with Gasteiger partial charge in [0.05, 0.1) is 6.04 Å². The molecule has 0 bridgehead atoms. The van der Waals surface area contributed by atoms with Crippen molar-refractivity contribution >= 4 is 11.8 Å². The Hall–Kier alpha value is -2.08. The Morgan fingerprint density at radius 1 is 1.37 bits per heavy atom. The minimum Gasteiger partial charge on any atom is -0.508 e. The molecule has 102 valence electrons. The van der Waals surface area contributed by atoms with Crippen molar-refractivity contribution in [3.8, 4) is 11.5 Å².